The van der Waals surface area contributed by atoms with Gasteiger partial charge in [-0.25, -0.2) is 0 Å². The molecule has 0 aliphatic carbocycles. The van der Waals surface area contributed by atoms with Crippen LogP contribution in [0.3, 0.4) is 0 Å². The summed E-state index contributed by atoms with van der Waals surface area (Å²) >= 11 is 5.11. The molecule has 1 fully saturated rings. The lowest BCUT2D eigenvalue weighted by Crippen LogP contribution is -2.46. The molecule has 0 aromatic carbocycles. The first kappa shape index (κ1) is 13.1. The number of carbonyl (C=O) groups is 1. The highest BCUT2D eigenvalue weighted by Gasteiger charge is 2.31. The molecule has 1 aliphatic heterocycles. The number of halogens is 1. The maximum atomic E-state index is 11.3. The number of piperidine rings is 1. The van der Waals surface area contributed by atoms with E-state index < -0.39 is 5.97 Å². The summed E-state index contributed by atoms with van der Waals surface area (Å²) in [5, 5.41) is 9.26. The molecule has 2 rings (SSSR count). The standard InChI is InChI=1S/C12H16BrNO2S/c1-8-4-5-14(10(6-8)12(15)16)7-9-2-3-11(13)17-9/h2-3,8,10H,4-7H2,1H3,(H,15,16). The molecule has 3 nitrogen and oxygen atoms in total. The molecule has 2 heterocycles. The van der Waals surface area contributed by atoms with Gasteiger partial charge in [0.15, 0.2) is 0 Å². The third-order valence-electron chi connectivity index (χ3n) is 3.25. The maximum absolute atomic E-state index is 11.3. The number of thiophene rings is 1. The third kappa shape index (κ3) is 3.30. The number of carboxylic acids is 1. The van der Waals surface area contributed by atoms with E-state index in [-0.39, 0.29) is 6.04 Å². The van der Waals surface area contributed by atoms with Crippen LogP contribution in [0.1, 0.15) is 24.6 Å². The number of hydrogen-bond acceptors (Lipinski definition) is 3. The Bertz CT molecular complexity index is 407. The van der Waals surface area contributed by atoms with Crippen molar-refractivity contribution >= 4 is 33.2 Å². The molecule has 0 amide bonds. The molecule has 94 valence electrons. The molecule has 5 heteroatoms. The summed E-state index contributed by atoms with van der Waals surface area (Å²) in [6.07, 6.45) is 1.86. The summed E-state index contributed by atoms with van der Waals surface area (Å²) in [5.74, 6) is -0.172. The normalized spacial score (nSPS) is 26.0. The Labute approximate surface area is 114 Å². The van der Waals surface area contributed by atoms with E-state index in [1.165, 1.54) is 4.88 Å². The van der Waals surface area contributed by atoms with Gasteiger partial charge in [-0.1, -0.05) is 6.92 Å². The zero-order valence-corrected chi connectivity index (χ0v) is 12.1. The summed E-state index contributed by atoms with van der Waals surface area (Å²) < 4.78 is 1.10. The first-order chi connectivity index (χ1) is 8.06. The van der Waals surface area contributed by atoms with Crippen molar-refractivity contribution in [3.8, 4) is 0 Å². The van der Waals surface area contributed by atoms with Crippen molar-refractivity contribution in [3.63, 3.8) is 0 Å². The number of carboxylic acid groups (broad SMARTS) is 1. The lowest BCUT2D eigenvalue weighted by molar-refractivity contribution is -0.145. The Hall–Kier alpha value is -0.390. The monoisotopic (exact) mass is 317 g/mol. The van der Waals surface area contributed by atoms with E-state index in [2.05, 4.69) is 33.8 Å². The van der Waals surface area contributed by atoms with Gasteiger partial charge < -0.3 is 5.11 Å². The van der Waals surface area contributed by atoms with Crippen LogP contribution in [0.15, 0.2) is 15.9 Å². The van der Waals surface area contributed by atoms with Crippen molar-refractivity contribution in [1.82, 2.24) is 4.90 Å². The van der Waals surface area contributed by atoms with Crippen LogP contribution in [0.25, 0.3) is 0 Å². The molecule has 2 unspecified atom stereocenters. The van der Waals surface area contributed by atoms with Crippen molar-refractivity contribution in [3.05, 3.63) is 20.8 Å². The van der Waals surface area contributed by atoms with Crippen LogP contribution in [0.2, 0.25) is 0 Å². The Morgan fingerprint density at radius 2 is 2.41 bits per heavy atom. The molecule has 17 heavy (non-hydrogen) atoms. The molecule has 2 atom stereocenters. The van der Waals surface area contributed by atoms with Gasteiger partial charge in [0.1, 0.15) is 6.04 Å². The summed E-state index contributed by atoms with van der Waals surface area (Å²) in [6.45, 7) is 3.77. The van der Waals surface area contributed by atoms with E-state index in [0.717, 1.165) is 29.7 Å². The van der Waals surface area contributed by atoms with Gasteiger partial charge in [-0.2, -0.15) is 0 Å². The highest BCUT2D eigenvalue weighted by atomic mass is 79.9. The smallest absolute Gasteiger partial charge is 0.320 e. The van der Waals surface area contributed by atoms with Crippen molar-refractivity contribution in [1.29, 1.82) is 0 Å². The van der Waals surface area contributed by atoms with Crippen molar-refractivity contribution in [2.75, 3.05) is 6.54 Å². The average Bonchev–Trinajstić information content (AvgIpc) is 2.66. The molecule has 0 bridgehead atoms. The summed E-state index contributed by atoms with van der Waals surface area (Å²) in [7, 11) is 0. The van der Waals surface area contributed by atoms with Gasteiger partial charge >= 0.3 is 5.97 Å². The van der Waals surface area contributed by atoms with Gasteiger partial charge in [0.05, 0.1) is 3.79 Å². The number of nitrogens with zero attached hydrogens (tertiary/aromatic N) is 1. The fourth-order valence-electron chi connectivity index (χ4n) is 2.27. The Balaban J connectivity index is 2.05. The van der Waals surface area contributed by atoms with E-state index in [1.807, 2.05) is 6.07 Å². The molecule has 1 N–H and O–H groups in total. The number of likely N-dealkylation sites (tertiary alicyclic amines) is 1. The van der Waals surface area contributed by atoms with Crippen LogP contribution in [-0.4, -0.2) is 28.6 Å². The highest BCUT2D eigenvalue weighted by molar-refractivity contribution is 9.11. The van der Waals surface area contributed by atoms with Crippen LogP contribution in [0, 0.1) is 5.92 Å². The first-order valence-corrected chi connectivity index (χ1v) is 7.38. The summed E-state index contributed by atoms with van der Waals surface area (Å²) in [4.78, 5) is 14.6. The maximum Gasteiger partial charge on any atom is 0.320 e. The minimum Gasteiger partial charge on any atom is -0.480 e. The van der Waals surface area contributed by atoms with Gasteiger partial charge in [0.25, 0.3) is 0 Å². The Morgan fingerprint density at radius 3 is 3.00 bits per heavy atom. The van der Waals surface area contributed by atoms with Crippen LogP contribution >= 0.6 is 27.3 Å². The van der Waals surface area contributed by atoms with Gasteiger partial charge in [0.2, 0.25) is 0 Å². The fourth-order valence-corrected chi connectivity index (χ4v) is 3.78. The Kier molecular flexibility index (Phi) is 4.22. The zero-order chi connectivity index (χ0) is 12.4. The van der Waals surface area contributed by atoms with Crippen LogP contribution < -0.4 is 0 Å². The van der Waals surface area contributed by atoms with E-state index in [0.29, 0.717) is 5.92 Å². The lowest BCUT2D eigenvalue weighted by atomic mass is 9.92. The predicted molar refractivity (Wildman–Crippen MR) is 72.3 cm³/mol. The second-order valence-electron chi connectivity index (χ2n) is 4.66. The molecule has 0 spiro atoms. The number of aliphatic carboxylic acids is 1. The summed E-state index contributed by atoms with van der Waals surface area (Å²) in [5.41, 5.74) is 0. The van der Waals surface area contributed by atoms with Crippen LogP contribution in [0.4, 0.5) is 0 Å². The van der Waals surface area contributed by atoms with Gasteiger partial charge in [-0.05, 0) is 53.4 Å². The lowest BCUT2D eigenvalue weighted by Gasteiger charge is -2.35. The van der Waals surface area contributed by atoms with E-state index in [1.54, 1.807) is 11.3 Å². The quantitative estimate of drug-likeness (QED) is 0.930. The number of hydrogen-bond donors (Lipinski definition) is 1. The van der Waals surface area contributed by atoms with Crippen molar-refractivity contribution < 1.29 is 9.90 Å². The first-order valence-electron chi connectivity index (χ1n) is 5.77. The van der Waals surface area contributed by atoms with Crippen LogP contribution in [-0.2, 0) is 11.3 Å². The number of rotatable bonds is 3. The second-order valence-corrected chi connectivity index (χ2v) is 7.21. The van der Waals surface area contributed by atoms with E-state index >= 15 is 0 Å². The largest absolute Gasteiger partial charge is 0.480 e. The van der Waals surface area contributed by atoms with Crippen LogP contribution in [0.5, 0.6) is 0 Å². The minimum absolute atomic E-state index is 0.320. The SMILES string of the molecule is CC1CCN(Cc2ccc(Br)s2)C(C(=O)O)C1. The molecule has 0 radical (unpaired) electrons. The predicted octanol–water partition coefficient (Wildman–Crippen LogP) is 3.20. The molecular formula is C12H16BrNO2S. The van der Waals surface area contributed by atoms with Gasteiger partial charge in [-0.3, -0.25) is 9.69 Å². The Morgan fingerprint density at radius 1 is 1.65 bits per heavy atom. The molecule has 0 saturated carbocycles. The molecule has 1 aromatic rings. The topological polar surface area (TPSA) is 40.5 Å². The average molecular weight is 318 g/mol. The molecular weight excluding hydrogens is 302 g/mol. The van der Waals surface area contributed by atoms with E-state index in [4.69, 9.17) is 0 Å². The summed E-state index contributed by atoms with van der Waals surface area (Å²) in [6, 6.07) is 3.76. The fraction of sp³-hybridized carbons (Fsp3) is 0.583. The molecule has 1 saturated heterocycles. The highest BCUT2D eigenvalue weighted by Crippen LogP contribution is 2.28. The van der Waals surface area contributed by atoms with E-state index in [9.17, 15) is 9.90 Å². The second kappa shape index (κ2) is 5.50. The van der Waals surface area contributed by atoms with Crippen molar-refractivity contribution in [2.45, 2.75) is 32.4 Å². The van der Waals surface area contributed by atoms with Gasteiger partial charge in [-0.15, -0.1) is 11.3 Å². The zero-order valence-electron chi connectivity index (χ0n) is 9.73. The minimum atomic E-state index is -0.688. The van der Waals surface area contributed by atoms with Crippen molar-refractivity contribution in [2.24, 2.45) is 5.92 Å². The third-order valence-corrected chi connectivity index (χ3v) is 4.86. The van der Waals surface area contributed by atoms with Gasteiger partial charge in [0, 0.05) is 11.4 Å². The molecule has 1 aliphatic rings. The molecule has 1 aromatic heterocycles.